The number of hydrogen-bond donors (Lipinski definition) is 1. The molecule has 0 saturated carbocycles. The maximum absolute atomic E-state index is 12.3. The van der Waals surface area contributed by atoms with Gasteiger partial charge in [-0.15, -0.1) is 11.3 Å². The molecule has 2 aromatic rings. The molecule has 0 radical (unpaired) electrons. The minimum atomic E-state index is -0.171. The van der Waals surface area contributed by atoms with Gasteiger partial charge in [-0.25, -0.2) is 0 Å². The molecule has 1 N–H and O–H groups in total. The summed E-state index contributed by atoms with van der Waals surface area (Å²) >= 11 is 1.40. The third kappa shape index (κ3) is 2.65. The van der Waals surface area contributed by atoms with E-state index in [0.717, 1.165) is 4.88 Å². The van der Waals surface area contributed by atoms with E-state index in [2.05, 4.69) is 5.32 Å². The summed E-state index contributed by atoms with van der Waals surface area (Å²) < 4.78 is 0. The molecule has 2 rings (SSSR count). The summed E-state index contributed by atoms with van der Waals surface area (Å²) in [5.41, 5.74) is 1.23. The average Bonchev–Trinajstić information content (AvgIpc) is 2.69. The highest BCUT2D eigenvalue weighted by molar-refractivity contribution is 7.14. The van der Waals surface area contributed by atoms with Crippen LogP contribution in [0.2, 0.25) is 0 Å². The van der Waals surface area contributed by atoms with E-state index >= 15 is 0 Å². The van der Waals surface area contributed by atoms with Crippen LogP contribution in [0.4, 0.5) is 5.69 Å². The molecule has 0 unspecified atom stereocenters. The van der Waals surface area contributed by atoms with Gasteiger partial charge in [0.2, 0.25) is 11.7 Å². The summed E-state index contributed by atoms with van der Waals surface area (Å²) in [7, 11) is 0. The molecular weight excluding hydrogens is 246 g/mol. The maximum Gasteiger partial charge on any atom is 0.221 e. The Kier molecular flexibility index (Phi) is 3.58. The van der Waals surface area contributed by atoms with Crippen LogP contribution >= 0.6 is 11.3 Å². The van der Waals surface area contributed by atoms with Gasteiger partial charge in [0.15, 0.2) is 0 Å². The minimum Gasteiger partial charge on any atom is -0.325 e. The molecule has 1 amide bonds. The number of thiophene rings is 1. The number of nitrogens with one attached hydrogen (secondary N) is 1. The first-order chi connectivity index (χ1) is 8.58. The molecule has 1 aromatic carbocycles. The van der Waals surface area contributed by atoms with Crippen LogP contribution in [0.3, 0.4) is 0 Å². The highest BCUT2D eigenvalue weighted by Gasteiger charge is 2.17. The van der Waals surface area contributed by atoms with Crippen LogP contribution < -0.4 is 5.32 Å². The lowest BCUT2D eigenvalue weighted by Crippen LogP contribution is -2.09. The summed E-state index contributed by atoms with van der Waals surface area (Å²) in [5.74, 6) is -0.229. The number of amides is 1. The van der Waals surface area contributed by atoms with Crippen LogP contribution in [0.1, 0.15) is 27.0 Å². The Hall–Kier alpha value is -1.94. The highest BCUT2D eigenvalue weighted by atomic mass is 32.1. The van der Waals surface area contributed by atoms with Gasteiger partial charge in [-0.1, -0.05) is 30.3 Å². The van der Waals surface area contributed by atoms with E-state index in [4.69, 9.17) is 0 Å². The Labute approximate surface area is 109 Å². The second kappa shape index (κ2) is 5.14. The molecule has 0 atom stereocenters. The van der Waals surface area contributed by atoms with E-state index < -0.39 is 0 Å². The predicted molar refractivity (Wildman–Crippen MR) is 73.2 cm³/mol. The quantitative estimate of drug-likeness (QED) is 0.860. The number of benzene rings is 1. The Morgan fingerprint density at radius 2 is 1.83 bits per heavy atom. The Balaban J connectivity index is 2.39. The largest absolute Gasteiger partial charge is 0.325 e. The molecule has 92 valence electrons. The molecular formula is C14H13NO2S. The SMILES string of the molecule is CC(=O)Nc1cc(C)sc1C(=O)c1ccccc1. The van der Waals surface area contributed by atoms with E-state index in [9.17, 15) is 9.59 Å². The zero-order chi connectivity index (χ0) is 13.1. The number of hydrogen-bond acceptors (Lipinski definition) is 3. The van der Waals surface area contributed by atoms with Crippen LogP contribution in [0.15, 0.2) is 36.4 Å². The minimum absolute atomic E-state index is 0.0579. The van der Waals surface area contributed by atoms with E-state index in [0.29, 0.717) is 16.1 Å². The van der Waals surface area contributed by atoms with Gasteiger partial charge in [-0.05, 0) is 13.0 Å². The Morgan fingerprint density at radius 3 is 2.44 bits per heavy atom. The standard InChI is InChI=1S/C14H13NO2S/c1-9-8-12(15-10(2)16)14(18-9)13(17)11-6-4-3-5-7-11/h3-8H,1-2H3,(H,15,16). The molecule has 4 heteroatoms. The van der Waals surface area contributed by atoms with Crippen LogP contribution in [0.25, 0.3) is 0 Å². The van der Waals surface area contributed by atoms with Crippen molar-refractivity contribution in [3.8, 4) is 0 Å². The summed E-state index contributed by atoms with van der Waals surface area (Å²) in [6.07, 6.45) is 0. The number of carbonyl (C=O) groups excluding carboxylic acids is 2. The van der Waals surface area contributed by atoms with Gasteiger partial charge in [0.05, 0.1) is 10.6 Å². The zero-order valence-corrected chi connectivity index (χ0v) is 11.0. The van der Waals surface area contributed by atoms with E-state index in [1.807, 2.05) is 31.2 Å². The lowest BCUT2D eigenvalue weighted by atomic mass is 10.1. The van der Waals surface area contributed by atoms with Gasteiger partial charge in [-0.2, -0.15) is 0 Å². The highest BCUT2D eigenvalue weighted by Crippen LogP contribution is 2.29. The number of carbonyl (C=O) groups is 2. The molecule has 0 aliphatic rings. The molecule has 18 heavy (non-hydrogen) atoms. The fraction of sp³-hybridized carbons (Fsp3) is 0.143. The first-order valence-electron chi connectivity index (χ1n) is 5.55. The molecule has 1 aromatic heterocycles. The lowest BCUT2D eigenvalue weighted by Gasteiger charge is -2.03. The molecule has 0 saturated heterocycles. The van der Waals surface area contributed by atoms with E-state index in [-0.39, 0.29) is 11.7 Å². The van der Waals surface area contributed by atoms with Crippen molar-refractivity contribution >= 4 is 28.7 Å². The van der Waals surface area contributed by atoms with Crippen molar-refractivity contribution < 1.29 is 9.59 Å². The average molecular weight is 259 g/mol. The summed E-state index contributed by atoms with van der Waals surface area (Å²) in [6.45, 7) is 3.35. The van der Waals surface area contributed by atoms with Crippen molar-refractivity contribution in [1.29, 1.82) is 0 Å². The van der Waals surface area contributed by atoms with Gasteiger partial charge in [0, 0.05) is 17.4 Å². The second-order valence-corrected chi connectivity index (χ2v) is 5.23. The van der Waals surface area contributed by atoms with Crippen molar-refractivity contribution in [1.82, 2.24) is 0 Å². The van der Waals surface area contributed by atoms with Gasteiger partial charge in [-0.3, -0.25) is 9.59 Å². The van der Waals surface area contributed by atoms with Gasteiger partial charge >= 0.3 is 0 Å². The molecule has 1 heterocycles. The lowest BCUT2D eigenvalue weighted by molar-refractivity contribution is -0.114. The Bertz CT molecular complexity index is 587. The first kappa shape index (κ1) is 12.5. The normalized spacial score (nSPS) is 10.1. The second-order valence-electron chi connectivity index (χ2n) is 3.98. The molecule has 3 nitrogen and oxygen atoms in total. The zero-order valence-electron chi connectivity index (χ0n) is 10.2. The van der Waals surface area contributed by atoms with E-state index in [1.165, 1.54) is 18.3 Å². The van der Waals surface area contributed by atoms with Crippen molar-refractivity contribution in [3.05, 3.63) is 51.7 Å². The fourth-order valence-electron chi connectivity index (χ4n) is 1.69. The van der Waals surface area contributed by atoms with Crippen molar-refractivity contribution in [2.24, 2.45) is 0 Å². The van der Waals surface area contributed by atoms with Crippen molar-refractivity contribution in [2.45, 2.75) is 13.8 Å². The third-order valence-electron chi connectivity index (χ3n) is 2.41. The van der Waals surface area contributed by atoms with Crippen molar-refractivity contribution in [2.75, 3.05) is 5.32 Å². The summed E-state index contributed by atoms with van der Waals surface area (Å²) in [6, 6.07) is 10.9. The molecule has 0 aliphatic carbocycles. The Morgan fingerprint density at radius 1 is 1.17 bits per heavy atom. The van der Waals surface area contributed by atoms with E-state index in [1.54, 1.807) is 12.1 Å². The third-order valence-corrected chi connectivity index (χ3v) is 3.46. The fourth-order valence-corrected chi connectivity index (χ4v) is 2.62. The number of aryl methyl sites for hydroxylation is 1. The van der Waals surface area contributed by atoms with Crippen LogP contribution in [0.5, 0.6) is 0 Å². The molecule has 0 aliphatic heterocycles. The summed E-state index contributed by atoms with van der Waals surface area (Å²) in [5, 5.41) is 2.70. The first-order valence-corrected chi connectivity index (χ1v) is 6.37. The predicted octanol–water partition coefficient (Wildman–Crippen LogP) is 3.25. The molecule has 0 fully saturated rings. The van der Waals surface area contributed by atoms with Gasteiger partial charge in [0.25, 0.3) is 0 Å². The van der Waals surface area contributed by atoms with Gasteiger partial charge in [0.1, 0.15) is 0 Å². The topological polar surface area (TPSA) is 46.2 Å². The summed E-state index contributed by atoms with van der Waals surface area (Å²) in [4.78, 5) is 25.0. The molecule has 0 bridgehead atoms. The van der Waals surface area contributed by atoms with Crippen LogP contribution in [0, 0.1) is 6.92 Å². The smallest absolute Gasteiger partial charge is 0.221 e. The molecule has 0 spiro atoms. The van der Waals surface area contributed by atoms with Gasteiger partial charge < -0.3 is 5.32 Å². The van der Waals surface area contributed by atoms with Crippen molar-refractivity contribution in [3.63, 3.8) is 0 Å². The monoisotopic (exact) mass is 259 g/mol. The van der Waals surface area contributed by atoms with Crippen LogP contribution in [-0.4, -0.2) is 11.7 Å². The number of anilines is 1. The number of ketones is 1. The number of rotatable bonds is 3. The van der Waals surface area contributed by atoms with Crippen LogP contribution in [-0.2, 0) is 4.79 Å². The maximum atomic E-state index is 12.3.